The van der Waals surface area contributed by atoms with Crippen molar-refractivity contribution in [3.05, 3.63) is 58.6 Å². The van der Waals surface area contributed by atoms with Crippen molar-refractivity contribution in [1.82, 2.24) is 19.7 Å². The monoisotopic (exact) mass is 617 g/mol. The maximum atomic E-state index is 12.7. The summed E-state index contributed by atoms with van der Waals surface area (Å²) < 4.78 is 8.92. The average Bonchev–Trinajstić information content (AvgIpc) is 3.52. The van der Waals surface area contributed by atoms with Crippen LogP contribution in [-0.2, 0) is 16.6 Å². The highest BCUT2D eigenvalue weighted by Gasteiger charge is 2.32. The maximum absolute atomic E-state index is 12.7. The first-order valence-electron chi connectivity index (χ1n) is 14.6. The van der Waals surface area contributed by atoms with Crippen molar-refractivity contribution in [3.8, 4) is 21.8 Å². The van der Waals surface area contributed by atoms with E-state index in [4.69, 9.17) is 31.4 Å². The van der Waals surface area contributed by atoms with Crippen LogP contribution in [0.4, 0.5) is 5.82 Å². The van der Waals surface area contributed by atoms with Crippen LogP contribution in [0, 0.1) is 12.8 Å². The van der Waals surface area contributed by atoms with Gasteiger partial charge in [0.2, 0.25) is 0 Å². The number of hydrogen-bond donors (Lipinski definition) is 1. The predicted molar refractivity (Wildman–Crippen MR) is 174 cm³/mol. The number of ether oxygens (including phenoxy) is 1. The van der Waals surface area contributed by atoms with Gasteiger partial charge in [-0.25, -0.2) is 14.8 Å². The topological polar surface area (TPSA) is 93.4 Å². The van der Waals surface area contributed by atoms with Gasteiger partial charge in [-0.3, -0.25) is 4.68 Å². The molecule has 0 spiro atoms. The lowest BCUT2D eigenvalue weighted by Crippen LogP contribution is -2.33. The second kappa shape index (κ2) is 11.2. The second-order valence-electron chi connectivity index (χ2n) is 12.5. The van der Waals surface area contributed by atoms with Gasteiger partial charge in [0.15, 0.2) is 11.9 Å². The number of carbonyl (C=O) groups is 1. The van der Waals surface area contributed by atoms with Crippen LogP contribution in [0.15, 0.2) is 42.5 Å². The molecule has 6 rings (SSSR count). The van der Waals surface area contributed by atoms with E-state index in [-0.39, 0.29) is 0 Å². The summed E-state index contributed by atoms with van der Waals surface area (Å²) in [6, 6.07) is 13.5. The molecular weight excluding hydrogens is 582 g/mol. The summed E-state index contributed by atoms with van der Waals surface area (Å²) in [7, 11) is 1.96. The molecule has 0 aliphatic carbocycles. The number of benzene rings is 2. The van der Waals surface area contributed by atoms with Crippen molar-refractivity contribution in [3.63, 3.8) is 0 Å². The van der Waals surface area contributed by atoms with E-state index < -0.39 is 17.7 Å². The molecule has 43 heavy (non-hydrogen) atoms. The quantitative estimate of drug-likeness (QED) is 0.206. The number of aromatic nitrogens is 4. The van der Waals surface area contributed by atoms with E-state index in [1.807, 2.05) is 75.8 Å². The van der Waals surface area contributed by atoms with Gasteiger partial charge in [-0.05, 0) is 87.9 Å². The Morgan fingerprint density at radius 2 is 1.81 bits per heavy atom. The third-order valence-electron chi connectivity index (χ3n) is 8.00. The Labute approximate surface area is 260 Å². The van der Waals surface area contributed by atoms with Crippen LogP contribution in [0.5, 0.6) is 0 Å². The minimum atomic E-state index is -1.17. The Kier molecular flexibility index (Phi) is 7.69. The molecule has 4 heterocycles. The number of halogens is 1. The zero-order valence-corrected chi connectivity index (χ0v) is 26.9. The number of aliphatic carboxylic acids is 1. The van der Waals surface area contributed by atoms with Crippen LogP contribution in [0.25, 0.3) is 43.1 Å². The minimum absolute atomic E-state index is 0.604. The summed E-state index contributed by atoms with van der Waals surface area (Å²) in [5.74, 6) is 0.590. The Balaban J connectivity index is 1.53. The number of rotatable bonds is 6. The first-order valence-corrected chi connectivity index (χ1v) is 15.8. The lowest BCUT2D eigenvalue weighted by Gasteiger charge is -2.30. The van der Waals surface area contributed by atoms with Crippen LogP contribution in [0.2, 0.25) is 5.02 Å². The molecule has 0 radical (unpaired) electrons. The number of pyridine rings is 1. The molecule has 0 bridgehead atoms. The zero-order valence-electron chi connectivity index (χ0n) is 25.3. The molecule has 0 amide bonds. The van der Waals surface area contributed by atoms with Gasteiger partial charge in [0.1, 0.15) is 10.5 Å². The maximum Gasteiger partial charge on any atom is 0.337 e. The van der Waals surface area contributed by atoms with Gasteiger partial charge in [0.25, 0.3) is 0 Å². The van der Waals surface area contributed by atoms with E-state index >= 15 is 0 Å². The first kappa shape index (κ1) is 29.5. The number of carboxylic acid groups (broad SMARTS) is 1. The van der Waals surface area contributed by atoms with Gasteiger partial charge < -0.3 is 14.7 Å². The van der Waals surface area contributed by atoms with Crippen molar-refractivity contribution in [2.75, 3.05) is 18.0 Å². The Morgan fingerprint density at radius 3 is 2.47 bits per heavy atom. The smallest absolute Gasteiger partial charge is 0.337 e. The van der Waals surface area contributed by atoms with Crippen molar-refractivity contribution in [2.45, 2.75) is 59.2 Å². The van der Waals surface area contributed by atoms with Crippen molar-refractivity contribution in [1.29, 1.82) is 0 Å². The van der Waals surface area contributed by atoms with Gasteiger partial charge in [-0.2, -0.15) is 5.10 Å². The third kappa shape index (κ3) is 5.73. The Bertz CT molecular complexity index is 1830. The van der Waals surface area contributed by atoms with Gasteiger partial charge in [-0.15, -0.1) is 11.3 Å². The number of aryl methyl sites for hydroxylation is 2. The molecule has 1 aliphatic heterocycles. The van der Waals surface area contributed by atoms with Gasteiger partial charge in [0.05, 0.1) is 27.0 Å². The molecule has 1 saturated heterocycles. The van der Waals surface area contributed by atoms with Crippen molar-refractivity contribution in [2.24, 2.45) is 13.0 Å². The van der Waals surface area contributed by atoms with Crippen LogP contribution < -0.4 is 4.90 Å². The van der Waals surface area contributed by atoms with E-state index in [0.717, 1.165) is 86.3 Å². The first-order chi connectivity index (χ1) is 20.4. The van der Waals surface area contributed by atoms with Crippen LogP contribution in [-0.4, -0.2) is 49.5 Å². The average molecular weight is 618 g/mol. The molecule has 3 aromatic heterocycles. The SMILES string of the molecule is Cc1cc2nc(-c3ccc4c(n3)c(N3CCC(C)CC3)nn4C)sc2c(-c2ccc(Cl)cc2)c1[C@H](OC(C)(C)C)C(=O)O. The number of nitrogens with zero attached hydrogens (tertiary/aromatic N) is 5. The van der Waals surface area contributed by atoms with Gasteiger partial charge in [-0.1, -0.05) is 30.7 Å². The van der Waals surface area contributed by atoms with E-state index in [1.54, 1.807) is 0 Å². The number of thiazole rings is 1. The van der Waals surface area contributed by atoms with Gasteiger partial charge >= 0.3 is 5.97 Å². The molecule has 0 unspecified atom stereocenters. The van der Waals surface area contributed by atoms with E-state index in [0.29, 0.717) is 10.6 Å². The molecule has 1 fully saturated rings. The number of piperidine rings is 1. The number of carboxylic acids is 1. The van der Waals surface area contributed by atoms with Crippen molar-refractivity contribution >= 4 is 56.0 Å². The Morgan fingerprint density at radius 1 is 1.12 bits per heavy atom. The lowest BCUT2D eigenvalue weighted by molar-refractivity contribution is -0.160. The molecule has 224 valence electrons. The van der Waals surface area contributed by atoms with Crippen LogP contribution >= 0.6 is 22.9 Å². The van der Waals surface area contributed by atoms with E-state index in [1.165, 1.54) is 11.3 Å². The van der Waals surface area contributed by atoms with Crippen molar-refractivity contribution < 1.29 is 14.6 Å². The molecule has 2 aromatic carbocycles. The van der Waals surface area contributed by atoms with Crippen LogP contribution in [0.3, 0.4) is 0 Å². The van der Waals surface area contributed by atoms with Crippen LogP contribution in [0.1, 0.15) is 57.8 Å². The van der Waals surface area contributed by atoms with E-state index in [2.05, 4.69) is 17.9 Å². The molecule has 1 atom stereocenters. The molecule has 8 nitrogen and oxygen atoms in total. The second-order valence-corrected chi connectivity index (χ2v) is 13.9. The molecule has 5 aromatic rings. The molecule has 1 N–H and O–H groups in total. The standard InChI is InChI=1S/C33H36ClN5O3S/c1-18-13-15-39(16-14-18)30-27-24(38(6)37-30)12-11-22(35-27)31-36-23-17-19(2)25(28(32(40)41)42-33(3,4)5)26(29(23)43-31)20-7-9-21(34)10-8-20/h7-12,17-18,28H,13-16H2,1-6H3,(H,40,41)/t28-/m0/s1. The largest absolute Gasteiger partial charge is 0.479 e. The summed E-state index contributed by atoms with van der Waals surface area (Å²) in [6.45, 7) is 11.7. The minimum Gasteiger partial charge on any atom is -0.479 e. The molecular formula is C33H36ClN5O3S. The number of anilines is 1. The highest BCUT2D eigenvalue weighted by Crippen LogP contribution is 2.44. The zero-order chi connectivity index (χ0) is 30.6. The summed E-state index contributed by atoms with van der Waals surface area (Å²) in [4.78, 5) is 25.1. The fourth-order valence-electron chi connectivity index (χ4n) is 5.82. The molecule has 0 saturated carbocycles. The highest BCUT2D eigenvalue weighted by atomic mass is 35.5. The lowest BCUT2D eigenvalue weighted by atomic mass is 9.91. The number of fused-ring (bicyclic) bond motifs is 2. The summed E-state index contributed by atoms with van der Waals surface area (Å²) in [6.07, 6.45) is 1.11. The highest BCUT2D eigenvalue weighted by molar-refractivity contribution is 7.22. The normalized spacial score (nSPS) is 15.5. The predicted octanol–water partition coefficient (Wildman–Crippen LogP) is 8.05. The molecule has 10 heteroatoms. The van der Waals surface area contributed by atoms with E-state index in [9.17, 15) is 9.90 Å². The van der Waals surface area contributed by atoms with Gasteiger partial charge in [0, 0.05) is 36.3 Å². The summed E-state index contributed by atoms with van der Waals surface area (Å²) in [5.41, 5.74) is 5.76. The number of hydrogen-bond acceptors (Lipinski definition) is 7. The summed E-state index contributed by atoms with van der Waals surface area (Å²) >= 11 is 7.76. The Hall–Kier alpha value is -3.53. The fourth-order valence-corrected chi connectivity index (χ4v) is 7.04. The third-order valence-corrected chi connectivity index (χ3v) is 9.36. The summed E-state index contributed by atoms with van der Waals surface area (Å²) in [5, 5.41) is 16.6. The fraction of sp³-hybridized carbons (Fsp3) is 0.394. The molecule has 1 aliphatic rings.